The van der Waals surface area contributed by atoms with Gasteiger partial charge in [0.1, 0.15) is 5.75 Å². The van der Waals surface area contributed by atoms with Gasteiger partial charge >= 0.3 is 0 Å². The van der Waals surface area contributed by atoms with Crippen LogP contribution in [0.2, 0.25) is 0 Å². The molecule has 0 bridgehead atoms. The third kappa shape index (κ3) is 4.95. The van der Waals surface area contributed by atoms with Gasteiger partial charge in [-0.1, -0.05) is 42.0 Å². The Morgan fingerprint density at radius 2 is 1.81 bits per heavy atom. The highest BCUT2D eigenvalue weighted by atomic mass is 16.5. The molecule has 0 aliphatic rings. The van der Waals surface area contributed by atoms with Gasteiger partial charge in [0.2, 0.25) is 0 Å². The number of fused-ring (bicyclic) bond motifs is 1. The Kier molecular flexibility index (Phi) is 6.03. The summed E-state index contributed by atoms with van der Waals surface area (Å²) in [6.07, 6.45) is 3.38. The van der Waals surface area contributed by atoms with Crippen molar-refractivity contribution in [3.05, 3.63) is 100 Å². The highest BCUT2D eigenvalue weighted by molar-refractivity contribution is 5.84. The first-order valence-corrected chi connectivity index (χ1v) is 9.94. The Bertz CT molecular complexity index is 1250. The Balaban J connectivity index is 1.51. The van der Waals surface area contributed by atoms with Gasteiger partial charge in [-0.05, 0) is 36.8 Å². The summed E-state index contributed by atoms with van der Waals surface area (Å²) in [5.74, 6) is 0.366. The fourth-order valence-electron chi connectivity index (χ4n) is 3.22. The standard InChI is InChI=1S/C24H22N4O3/c1-17-8-10-19(11-9-17)31-16-23(29)26-14-22-20-6-2-3-7-21(20)24(30)28(27-22)15-18-5-4-12-25-13-18/h2-13H,14-16H2,1H3,(H,26,29). The predicted molar refractivity (Wildman–Crippen MR) is 118 cm³/mol. The van der Waals surface area contributed by atoms with Crippen molar-refractivity contribution < 1.29 is 9.53 Å². The van der Waals surface area contributed by atoms with Crippen molar-refractivity contribution in [3.8, 4) is 5.75 Å². The molecular formula is C24H22N4O3. The monoisotopic (exact) mass is 414 g/mol. The number of hydrogen-bond donors (Lipinski definition) is 1. The molecule has 0 aliphatic heterocycles. The average molecular weight is 414 g/mol. The van der Waals surface area contributed by atoms with Gasteiger partial charge in [-0.15, -0.1) is 0 Å². The molecular weight excluding hydrogens is 392 g/mol. The number of aryl methyl sites for hydroxylation is 1. The fraction of sp³-hybridized carbons (Fsp3) is 0.167. The van der Waals surface area contributed by atoms with Crippen LogP contribution in [0.3, 0.4) is 0 Å². The molecule has 0 radical (unpaired) electrons. The minimum absolute atomic E-state index is 0.101. The van der Waals surface area contributed by atoms with E-state index in [2.05, 4.69) is 15.4 Å². The Morgan fingerprint density at radius 3 is 2.55 bits per heavy atom. The summed E-state index contributed by atoms with van der Waals surface area (Å²) in [4.78, 5) is 29.3. The number of nitrogens with one attached hydrogen (secondary N) is 1. The van der Waals surface area contributed by atoms with Gasteiger partial charge in [-0.2, -0.15) is 5.10 Å². The summed E-state index contributed by atoms with van der Waals surface area (Å²) in [5, 5.41) is 8.62. The van der Waals surface area contributed by atoms with Crippen LogP contribution < -0.4 is 15.6 Å². The lowest BCUT2D eigenvalue weighted by molar-refractivity contribution is -0.123. The minimum Gasteiger partial charge on any atom is -0.484 e. The van der Waals surface area contributed by atoms with Crippen molar-refractivity contribution >= 4 is 16.7 Å². The molecule has 7 heteroatoms. The van der Waals surface area contributed by atoms with Gasteiger partial charge in [0.05, 0.1) is 24.2 Å². The van der Waals surface area contributed by atoms with E-state index in [1.807, 2.05) is 61.5 Å². The Hall–Kier alpha value is -4.00. The van der Waals surface area contributed by atoms with Crippen LogP contribution in [-0.4, -0.2) is 27.3 Å². The zero-order valence-corrected chi connectivity index (χ0v) is 17.1. The molecule has 2 aromatic carbocycles. The smallest absolute Gasteiger partial charge is 0.274 e. The number of nitrogens with zero attached hydrogens (tertiary/aromatic N) is 3. The van der Waals surface area contributed by atoms with Crippen LogP contribution in [0, 0.1) is 6.92 Å². The molecule has 0 unspecified atom stereocenters. The zero-order chi connectivity index (χ0) is 21.6. The summed E-state index contributed by atoms with van der Waals surface area (Å²) in [6.45, 7) is 2.37. The summed E-state index contributed by atoms with van der Waals surface area (Å²) in [7, 11) is 0. The topological polar surface area (TPSA) is 86.1 Å². The van der Waals surface area contributed by atoms with Crippen LogP contribution in [0.25, 0.3) is 10.8 Å². The van der Waals surface area contributed by atoms with Gasteiger partial charge in [-0.25, -0.2) is 4.68 Å². The second-order valence-electron chi connectivity index (χ2n) is 7.19. The maximum absolute atomic E-state index is 12.9. The SMILES string of the molecule is Cc1ccc(OCC(=O)NCc2nn(Cc3cccnc3)c(=O)c3ccccc23)cc1. The number of rotatable bonds is 7. The van der Waals surface area contributed by atoms with Gasteiger partial charge in [-0.3, -0.25) is 14.6 Å². The lowest BCUT2D eigenvalue weighted by Crippen LogP contribution is -2.31. The number of benzene rings is 2. The summed E-state index contributed by atoms with van der Waals surface area (Å²) in [6, 6.07) is 18.5. The molecule has 0 saturated heterocycles. The molecule has 7 nitrogen and oxygen atoms in total. The third-order valence-corrected chi connectivity index (χ3v) is 4.84. The second kappa shape index (κ2) is 9.21. The maximum Gasteiger partial charge on any atom is 0.274 e. The number of carbonyl (C=O) groups excluding carboxylic acids is 1. The van der Waals surface area contributed by atoms with Crippen LogP contribution in [0.1, 0.15) is 16.8 Å². The van der Waals surface area contributed by atoms with Crippen LogP contribution in [0.4, 0.5) is 0 Å². The van der Waals surface area contributed by atoms with Crippen molar-refractivity contribution in [1.29, 1.82) is 0 Å². The van der Waals surface area contributed by atoms with Crippen LogP contribution in [0.15, 0.2) is 77.9 Å². The van der Waals surface area contributed by atoms with E-state index in [-0.39, 0.29) is 24.6 Å². The first-order chi connectivity index (χ1) is 15.1. The van der Waals surface area contributed by atoms with E-state index >= 15 is 0 Å². The van der Waals surface area contributed by atoms with E-state index in [1.165, 1.54) is 4.68 Å². The summed E-state index contributed by atoms with van der Waals surface area (Å²) >= 11 is 0. The molecule has 1 amide bonds. The molecule has 4 rings (SSSR count). The predicted octanol–water partition coefficient (Wildman–Crippen LogP) is 2.84. The van der Waals surface area contributed by atoms with Crippen molar-refractivity contribution in [2.75, 3.05) is 6.61 Å². The number of amides is 1. The minimum atomic E-state index is -0.267. The van der Waals surface area contributed by atoms with Crippen LogP contribution in [-0.2, 0) is 17.9 Å². The molecule has 2 aromatic heterocycles. The first-order valence-electron chi connectivity index (χ1n) is 9.94. The summed E-state index contributed by atoms with van der Waals surface area (Å²) < 4.78 is 6.93. The zero-order valence-electron chi connectivity index (χ0n) is 17.1. The average Bonchev–Trinajstić information content (AvgIpc) is 2.80. The van der Waals surface area contributed by atoms with Crippen LogP contribution in [0.5, 0.6) is 5.75 Å². The first kappa shape index (κ1) is 20.3. The quantitative estimate of drug-likeness (QED) is 0.503. The van der Waals surface area contributed by atoms with Crippen LogP contribution >= 0.6 is 0 Å². The van der Waals surface area contributed by atoms with Gasteiger partial charge in [0, 0.05) is 17.8 Å². The molecule has 31 heavy (non-hydrogen) atoms. The number of carbonyl (C=O) groups is 1. The second-order valence-corrected chi connectivity index (χ2v) is 7.19. The van der Waals surface area contributed by atoms with E-state index in [1.54, 1.807) is 18.5 Å². The number of pyridine rings is 1. The molecule has 0 fully saturated rings. The van der Waals surface area contributed by atoms with Gasteiger partial charge in [0.15, 0.2) is 6.61 Å². The number of hydrogen-bond acceptors (Lipinski definition) is 5. The van der Waals surface area contributed by atoms with E-state index < -0.39 is 0 Å². The maximum atomic E-state index is 12.9. The van der Waals surface area contributed by atoms with E-state index in [9.17, 15) is 9.59 Å². The number of aromatic nitrogens is 3. The molecule has 1 N–H and O–H groups in total. The van der Waals surface area contributed by atoms with Crippen molar-refractivity contribution in [1.82, 2.24) is 20.1 Å². The molecule has 0 spiro atoms. The molecule has 0 atom stereocenters. The van der Waals surface area contributed by atoms with E-state index in [0.717, 1.165) is 16.5 Å². The summed E-state index contributed by atoms with van der Waals surface area (Å²) in [5.41, 5.74) is 2.42. The van der Waals surface area contributed by atoms with Crippen molar-refractivity contribution in [3.63, 3.8) is 0 Å². The van der Waals surface area contributed by atoms with Crippen molar-refractivity contribution in [2.45, 2.75) is 20.0 Å². The molecule has 0 saturated carbocycles. The molecule has 0 aliphatic carbocycles. The number of ether oxygens (including phenoxy) is 1. The highest BCUT2D eigenvalue weighted by Gasteiger charge is 2.12. The molecule has 156 valence electrons. The lowest BCUT2D eigenvalue weighted by atomic mass is 10.1. The van der Waals surface area contributed by atoms with E-state index in [4.69, 9.17) is 4.74 Å². The van der Waals surface area contributed by atoms with Gasteiger partial charge < -0.3 is 10.1 Å². The fourth-order valence-corrected chi connectivity index (χ4v) is 3.22. The Labute approximate surface area is 179 Å². The normalized spacial score (nSPS) is 10.7. The highest BCUT2D eigenvalue weighted by Crippen LogP contribution is 2.14. The Morgan fingerprint density at radius 1 is 1.03 bits per heavy atom. The largest absolute Gasteiger partial charge is 0.484 e. The molecule has 2 heterocycles. The molecule has 4 aromatic rings. The third-order valence-electron chi connectivity index (χ3n) is 4.84. The van der Waals surface area contributed by atoms with Gasteiger partial charge in [0.25, 0.3) is 11.5 Å². The van der Waals surface area contributed by atoms with E-state index in [0.29, 0.717) is 23.4 Å². The van der Waals surface area contributed by atoms with Crippen molar-refractivity contribution in [2.24, 2.45) is 0 Å². The lowest BCUT2D eigenvalue weighted by Gasteiger charge is -2.12.